The average molecular weight is 378 g/mol. The molecule has 0 spiro atoms. The van der Waals surface area contributed by atoms with Gasteiger partial charge < -0.3 is 15.4 Å². The molecule has 0 fully saturated rings. The Hall–Kier alpha value is -3.41. The molecule has 144 valence electrons. The number of aliphatic imine (C=N–C) groups is 1. The quantitative estimate of drug-likeness (QED) is 0.492. The molecule has 0 aliphatic carbocycles. The van der Waals surface area contributed by atoms with E-state index in [0.717, 1.165) is 5.56 Å². The van der Waals surface area contributed by atoms with E-state index in [1.807, 2.05) is 24.3 Å². The van der Waals surface area contributed by atoms with E-state index in [1.165, 1.54) is 17.7 Å². The molecule has 0 radical (unpaired) electrons. The number of rotatable bonds is 6. The Morgan fingerprint density at radius 1 is 1.11 bits per heavy atom. The second-order valence-corrected chi connectivity index (χ2v) is 6.27. The van der Waals surface area contributed by atoms with Gasteiger partial charge in [-0.25, -0.2) is 9.37 Å². The van der Waals surface area contributed by atoms with Crippen molar-refractivity contribution in [1.82, 2.24) is 15.6 Å². The van der Waals surface area contributed by atoms with Crippen molar-refractivity contribution in [3.05, 3.63) is 89.9 Å². The number of hydrogen-bond acceptors (Lipinski definition) is 3. The molecule has 1 atom stereocenters. The predicted octanol–water partition coefficient (Wildman–Crippen LogP) is 4.44. The van der Waals surface area contributed by atoms with Crippen molar-refractivity contribution >= 4 is 5.96 Å². The molecule has 0 amide bonds. The van der Waals surface area contributed by atoms with Crippen molar-refractivity contribution in [2.24, 2.45) is 4.99 Å². The van der Waals surface area contributed by atoms with Gasteiger partial charge >= 0.3 is 0 Å². The molecule has 0 aliphatic rings. The van der Waals surface area contributed by atoms with Crippen LogP contribution < -0.4 is 15.4 Å². The largest absolute Gasteiger partial charge is 0.439 e. The molecule has 2 aromatic carbocycles. The number of aromatic nitrogens is 1. The highest BCUT2D eigenvalue weighted by molar-refractivity contribution is 5.80. The number of halogens is 1. The fourth-order valence-electron chi connectivity index (χ4n) is 2.64. The minimum Gasteiger partial charge on any atom is -0.439 e. The van der Waals surface area contributed by atoms with Crippen molar-refractivity contribution in [2.75, 3.05) is 7.05 Å². The molecule has 1 unspecified atom stereocenters. The predicted molar refractivity (Wildman–Crippen MR) is 109 cm³/mol. The van der Waals surface area contributed by atoms with Gasteiger partial charge in [0.2, 0.25) is 5.88 Å². The topological polar surface area (TPSA) is 58.5 Å². The highest BCUT2D eigenvalue weighted by Gasteiger charge is 2.07. The normalized spacial score (nSPS) is 12.3. The first kappa shape index (κ1) is 19.4. The molecule has 5 nitrogen and oxygen atoms in total. The summed E-state index contributed by atoms with van der Waals surface area (Å²) in [5, 5.41) is 6.63. The maximum Gasteiger partial charge on any atom is 0.219 e. The summed E-state index contributed by atoms with van der Waals surface area (Å²) in [5.41, 5.74) is 2.16. The number of pyridine rings is 1. The summed E-state index contributed by atoms with van der Waals surface area (Å²) < 4.78 is 18.8. The number of nitrogens with zero attached hydrogens (tertiary/aromatic N) is 2. The van der Waals surface area contributed by atoms with Gasteiger partial charge in [-0.3, -0.25) is 4.99 Å². The van der Waals surface area contributed by atoms with Crippen LogP contribution in [0.4, 0.5) is 4.39 Å². The Balaban J connectivity index is 1.53. The Kier molecular flexibility index (Phi) is 6.57. The van der Waals surface area contributed by atoms with Gasteiger partial charge in [0.1, 0.15) is 11.6 Å². The highest BCUT2D eigenvalue weighted by Crippen LogP contribution is 2.20. The van der Waals surface area contributed by atoms with E-state index in [-0.39, 0.29) is 11.9 Å². The fourth-order valence-corrected chi connectivity index (χ4v) is 2.64. The maximum atomic E-state index is 13.2. The zero-order valence-corrected chi connectivity index (χ0v) is 15.9. The van der Waals surface area contributed by atoms with E-state index >= 15 is 0 Å². The van der Waals surface area contributed by atoms with Gasteiger partial charge in [0, 0.05) is 31.9 Å². The third-order valence-corrected chi connectivity index (χ3v) is 4.15. The summed E-state index contributed by atoms with van der Waals surface area (Å²) in [6.45, 7) is 2.65. The first-order chi connectivity index (χ1) is 13.6. The molecule has 1 heterocycles. The lowest BCUT2D eigenvalue weighted by Gasteiger charge is -2.18. The van der Waals surface area contributed by atoms with Crippen LogP contribution in [0.3, 0.4) is 0 Å². The first-order valence-electron chi connectivity index (χ1n) is 9.04. The lowest BCUT2D eigenvalue weighted by molar-refractivity contribution is 0.457. The Morgan fingerprint density at radius 2 is 1.93 bits per heavy atom. The third-order valence-electron chi connectivity index (χ3n) is 4.15. The Bertz CT molecular complexity index is 913. The van der Waals surface area contributed by atoms with Crippen LogP contribution in [0.1, 0.15) is 24.1 Å². The van der Waals surface area contributed by atoms with Crippen LogP contribution >= 0.6 is 0 Å². The molecule has 0 bridgehead atoms. The lowest BCUT2D eigenvalue weighted by atomic mass is 10.1. The van der Waals surface area contributed by atoms with Crippen LogP contribution in [0.15, 0.2) is 77.9 Å². The fraction of sp³-hybridized carbons (Fsp3) is 0.182. The zero-order chi connectivity index (χ0) is 19.8. The molecule has 0 saturated carbocycles. The van der Waals surface area contributed by atoms with Crippen LogP contribution in [0.5, 0.6) is 11.6 Å². The standard InChI is InChI=1S/C22H23FN4O/c1-16(18-7-4-3-5-8-18)27-22(24-2)26-15-17-11-12-21(25-14-17)28-20-10-6-9-19(23)13-20/h3-14,16H,15H2,1-2H3,(H2,24,26,27). The highest BCUT2D eigenvalue weighted by atomic mass is 19.1. The molecule has 3 aromatic rings. The molecular weight excluding hydrogens is 355 g/mol. The first-order valence-corrected chi connectivity index (χ1v) is 9.04. The SMILES string of the molecule is CN=C(NCc1ccc(Oc2cccc(F)c2)nc1)NC(C)c1ccccc1. The number of guanidine groups is 1. The van der Waals surface area contributed by atoms with Crippen LogP contribution in [-0.4, -0.2) is 18.0 Å². The number of ether oxygens (including phenoxy) is 1. The summed E-state index contributed by atoms with van der Waals surface area (Å²) in [6.07, 6.45) is 1.72. The molecule has 3 rings (SSSR count). The second kappa shape index (κ2) is 9.50. The molecule has 1 aromatic heterocycles. The molecule has 0 aliphatic heterocycles. The van der Waals surface area contributed by atoms with E-state index in [4.69, 9.17) is 4.74 Å². The van der Waals surface area contributed by atoms with Crippen molar-refractivity contribution in [3.63, 3.8) is 0 Å². The second-order valence-electron chi connectivity index (χ2n) is 6.27. The zero-order valence-electron chi connectivity index (χ0n) is 15.9. The maximum absolute atomic E-state index is 13.2. The van der Waals surface area contributed by atoms with Gasteiger partial charge in [-0.2, -0.15) is 0 Å². The van der Waals surface area contributed by atoms with Crippen molar-refractivity contribution < 1.29 is 9.13 Å². The number of benzene rings is 2. The minimum absolute atomic E-state index is 0.132. The van der Waals surface area contributed by atoms with Gasteiger partial charge in [0.05, 0.1) is 6.04 Å². The van der Waals surface area contributed by atoms with Gasteiger partial charge in [0.15, 0.2) is 5.96 Å². The van der Waals surface area contributed by atoms with E-state index in [0.29, 0.717) is 24.1 Å². The molecular formula is C22H23FN4O. The van der Waals surface area contributed by atoms with Crippen LogP contribution in [0, 0.1) is 5.82 Å². The summed E-state index contributed by atoms with van der Waals surface area (Å²) in [5.74, 6) is 1.19. The van der Waals surface area contributed by atoms with E-state index < -0.39 is 0 Å². The third kappa shape index (κ3) is 5.54. The summed E-state index contributed by atoms with van der Waals surface area (Å²) in [6, 6.07) is 19.9. The number of hydrogen-bond donors (Lipinski definition) is 2. The van der Waals surface area contributed by atoms with E-state index in [1.54, 1.807) is 31.4 Å². The minimum atomic E-state index is -0.345. The summed E-state index contributed by atoms with van der Waals surface area (Å²) >= 11 is 0. The monoisotopic (exact) mass is 378 g/mol. The molecule has 2 N–H and O–H groups in total. The Labute approximate surface area is 164 Å². The van der Waals surface area contributed by atoms with Crippen LogP contribution in [0.2, 0.25) is 0 Å². The van der Waals surface area contributed by atoms with Crippen LogP contribution in [-0.2, 0) is 6.54 Å². The average Bonchev–Trinajstić information content (AvgIpc) is 2.72. The van der Waals surface area contributed by atoms with Gasteiger partial charge in [-0.05, 0) is 30.2 Å². The summed E-state index contributed by atoms with van der Waals surface area (Å²) in [7, 11) is 1.74. The van der Waals surface area contributed by atoms with Crippen molar-refractivity contribution in [1.29, 1.82) is 0 Å². The smallest absolute Gasteiger partial charge is 0.219 e. The number of nitrogens with one attached hydrogen (secondary N) is 2. The van der Waals surface area contributed by atoms with Gasteiger partial charge in [-0.15, -0.1) is 0 Å². The Morgan fingerprint density at radius 3 is 2.61 bits per heavy atom. The van der Waals surface area contributed by atoms with E-state index in [9.17, 15) is 4.39 Å². The lowest BCUT2D eigenvalue weighted by Crippen LogP contribution is -2.38. The van der Waals surface area contributed by atoms with E-state index in [2.05, 4.69) is 39.7 Å². The van der Waals surface area contributed by atoms with Gasteiger partial charge in [-0.1, -0.05) is 42.5 Å². The molecule has 6 heteroatoms. The summed E-state index contributed by atoms with van der Waals surface area (Å²) in [4.78, 5) is 8.54. The van der Waals surface area contributed by atoms with Crippen molar-refractivity contribution in [2.45, 2.75) is 19.5 Å². The van der Waals surface area contributed by atoms with Gasteiger partial charge in [0.25, 0.3) is 0 Å². The molecule has 28 heavy (non-hydrogen) atoms. The molecule has 0 saturated heterocycles. The van der Waals surface area contributed by atoms with Crippen LogP contribution in [0.25, 0.3) is 0 Å². The van der Waals surface area contributed by atoms with Crippen molar-refractivity contribution in [3.8, 4) is 11.6 Å².